The number of amides is 1. The number of nitrogens with zero attached hydrogens (tertiary/aromatic N) is 6. The Hall–Kier alpha value is -4.05. The van der Waals surface area contributed by atoms with Gasteiger partial charge in [0.25, 0.3) is 5.91 Å². The lowest BCUT2D eigenvalue weighted by atomic mass is 9.95. The summed E-state index contributed by atoms with van der Waals surface area (Å²) in [6, 6.07) is 7.12. The van der Waals surface area contributed by atoms with Crippen LogP contribution in [0.5, 0.6) is 0 Å². The summed E-state index contributed by atoms with van der Waals surface area (Å²) in [5.41, 5.74) is -1.02. The van der Waals surface area contributed by atoms with Crippen LogP contribution in [0.2, 0.25) is 10.0 Å². The summed E-state index contributed by atoms with van der Waals surface area (Å²) in [6.07, 6.45) is -3.33. The molecule has 0 spiro atoms. The van der Waals surface area contributed by atoms with E-state index >= 15 is 0 Å². The van der Waals surface area contributed by atoms with Crippen LogP contribution in [-0.2, 0) is 18.9 Å². The molecule has 0 aliphatic heterocycles. The van der Waals surface area contributed by atoms with Crippen LogP contribution >= 0.6 is 23.2 Å². The van der Waals surface area contributed by atoms with Crippen molar-refractivity contribution in [1.29, 1.82) is 0 Å². The van der Waals surface area contributed by atoms with Crippen LogP contribution in [0.25, 0.3) is 5.82 Å². The number of benzene rings is 1. The van der Waals surface area contributed by atoms with Crippen molar-refractivity contribution in [1.82, 2.24) is 35.1 Å². The van der Waals surface area contributed by atoms with Crippen molar-refractivity contribution in [2.45, 2.75) is 63.7 Å². The van der Waals surface area contributed by atoms with Gasteiger partial charge in [-0.2, -0.15) is 35.8 Å². The topological polar surface area (TPSA) is 108 Å². The van der Waals surface area contributed by atoms with Gasteiger partial charge in [-0.15, -0.1) is 5.10 Å². The molecule has 1 aliphatic rings. The number of hydrogen-bond donors (Lipinski definition) is 1. The van der Waals surface area contributed by atoms with E-state index in [4.69, 9.17) is 23.2 Å². The van der Waals surface area contributed by atoms with Crippen LogP contribution < -0.4 is 5.32 Å². The first-order chi connectivity index (χ1) is 21.9. The van der Waals surface area contributed by atoms with Crippen LogP contribution in [0, 0.1) is 12.8 Å². The lowest BCUT2D eigenvalue weighted by molar-refractivity contribution is -0.360. The smallest absolute Gasteiger partial charge is 0.349 e. The monoisotopic (exact) mass is 705 g/mol. The fourth-order valence-corrected chi connectivity index (χ4v) is 5.36. The quantitative estimate of drug-likeness (QED) is 0.136. The molecule has 0 saturated heterocycles. The highest BCUT2D eigenvalue weighted by atomic mass is 35.5. The Labute approximate surface area is 272 Å². The predicted molar refractivity (Wildman–Crippen MR) is 154 cm³/mol. The van der Waals surface area contributed by atoms with Crippen LogP contribution in [0.15, 0.2) is 42.7 Å². The number of rotatable bonds is 11. The maximum atomic E-state index is 14.2. The molecular formula is C29H24Cl2F7N7O2. The molecule has 1 aliphatic carbocycles. The molecule has 1 N–H and O–H groups in total. The van der Waals surface area contributed by atoms with E-state index in [1.165, 1.54) is 30.5 Å². The molecule has 1 atom stereocenters. The van der Waals surface area contributed by atoms with Crippen LogP contribution in [0.3, 0.4) is 0 Å². The third-order valence-corrected chi connectivity index (χ3v) is 8.14. The summed E-state index contributed by atoms with van der Waals surface area (Å²) in [7, 11) is 0. The highest BCUT2D eigenvalue weighted by Gasteiger charge is 2.74. The maximum absolute atomic E-state index is 14.2. The molecule has 3 aromatic heterocycles. The van der Waals surface area contributed by atoms with Gasteiger partial charge in [-0.05, 0) is 74.1 Å². The van der Waals surface area contributed by atoms with E-state index < -0.39 is 42.0 Å². The molecule has 1 fully saturated rings. The highest BCUT2D eigenvalue weighted by Crippen LogP contribution is 2.51. The van der Waals surface area contributed by atoms with Crippen molar-refractivity contribution in [2.24, 2.45) is 5.92 Å². The SMILES string of the molecule is Cc1cc(Cl)cc(C(=O)NC(C)C2CC2)c1CC(=O)c1cc(Cn2cc(C(F)(F)C(F)(F)C(F)(F)F)nn2)nn1-c1ncccc1Cl. The largest absolute Gasteiger partial charge is 0.460 e. The summed E-state index contributed by atoms with van der Waals surface area (Å²) >= 11 is 12.6. The zero-order chi connectivity index (χ0) is 34.5. The minimum absolute atomic E-state index is 0.0107. The third-order valence-electron chi connectivity index (χ3n) is 7.63. The number of nitrogens with one attached hydrogen (secondary N) is 1. The molecule has 3 heterocycles. The molecule has 1 unspecified atom stereocenters. The molecule has 1 saturated carbocycles. The van der Waals surface area contributed by atoms with E-state index in [9.17, 15) is 40.3 Å². The Balaban J connectivity index is 1.48. The Bertz CT molecular complexity index is 1840. The predicted octanol–water partition coefficient (Wildman–Crippen LogP) is 6.77. The number of aryl methyl sites for hydroxylation is 1. The van der Waals surface area contributed by atoms with Crippen molar-refractivity contribution >= 4 is 34.9 Å². The van der Waals surface area contributed by atoms with Gasteiger partial charge in [-0.1, -0.05) is 28.4 Å². The first-order valence-corrected chi connectivity index (χ1v) is 14.7. The Kier molecular flexibility index (Phi) is 9.14. The van der Waals surface area contributed by atoms with Gasteiger partial charge in [-0.3, -0.25) is 9.59 Å². The lowest BCUT2D eigenvalue weighted by Crippen LogP contribution is -2.50. The molecule has 0 bridgehead atoms. The second kappa shape index (κ2) is 12.5. The van der Waals surface area contributed by atoms with Crippen molar-refractivity contribution < 1.29 is 40.3 Å². The average Bonchev–Trinajstić information content (AvgIpc) is 3.59. The summed E-state index contributed by atoms with van der Waals surface area (Å²) in [5, 5.41) is 13.6. The molecule has 0 radical (unpaired) electrons. The molecule has 250 valence electrons. The Morgan fingerprint density at radius 3 is 2.43 bits per heavy atom. The minimum atomic E-state index is -6.56. The van der Waals surface area contributed by atoms with Crippen molar-refractivity contribution in [2.75, 3.05) is 0 Å². The number of aromatic nitrogens is 6. The molecule has 4 aromatic rings. The fraction of sp³-hybridized carbons (Fsp3) is 0.379. The van der Waals surface area contributed by atoms with Gasteiger partial charge in [0.2, 0.25) is 0 Å². The molecule has 47 heavy (non-hydrogen) atoms. The van der Waals surface area contributed by atoms with Gasteiger partial charge in [0.1, 0.15) is 5.69 Å². The van der Waals surface area contributed by atoms with Crippen molar-refractivity contribution in [3.05, 3.63) is 86.5 Å². The second-order valence-corrected chi connectivity index (χ2v) is 12.0. The first kappa shape index (κ1) is 34.3. The number of ketones is 1. The fourth-order valence-electron chi connectivity index (χ4n) is 4.89. The zero-order valence-corrected chi connectivity index (χ0v) is 25.9. The number of alkyl halides is 7. The Morgan fingerprint density at radius 2 is 1.79 bits per heavy atom. The number of carbonyl (C=O) groups excluding carboxylic acids is 2. The standard InChI is InChI=1S/C29H24Cl2F7N7O2/c1-14-8-17(30)9-20(26(47)40-15(2)16-5-6-16)19(14)11-23(46)22-10-18(42-45(22)25-21(31)4-3-7-39-25)12-44-13-24(41-43-44)27(32,33)28(34,35)29(36,37)38/h3-4,7-10,13,15-16H,5-6,11-12H2,1-2H3,(H,40,47). The van der Waals surface area contributed by atoms with Crippen LogP contribution in [0.1, 0.15) is 63.1 Å². The molecule has 18 heteroatoms. The lowest BCUT2D eigenvalue weighted by Gasteiger charge is -2.26. The van der Waals surface area contributed by atoms with Gasteiger partial charge in [0, 0.05) is 29.2 Å². The number of Topliss-reactive ketones (excluding diaryl/α,β-unsaturated/α-hetero) is 1. The second-order valence-electron chi connectivity index (χ2n) is 11.1. The van der Waals surface area contributed by atoms with Gasteiger partial charge >= 0.3 is 18.0 Å². The number of hydrogen-bond acceptors (Lipinski definition) is 6. The van der Waals surface area contributed by atoms with E-state index in [1.54, 1.807) is 13.0 Å². The summed E-state index contributed by atoms with van der Waals surface area (Å²) in [6.45, 7) is 2.98. The molecular weight excluding hydrogens is 682 g/mol. The normalized spacial score (nSPS) is 14.7. The Morgan fingerprint density at radius 1 is 1.09 bits per heavy atom. The molecule has 1 amide bonds. The zero-order valence-electron chi connectivity index (χ0n) is 24.4. The maximum Gasteiger partial charge on any atom is 0.460 e. The van der Waals surface area contributed by atoms with Gasteiger partial charge in [0.15, 0.2) is 17.3 Å². The van der Waals surface area contributed by atoms with E-state index in [2.05, 4.69) is 25.7 Å². The number of carbonyl (C=O) groups is 2. The first-order valence-electron chi connectivity index (χ1n) is 14.0. The summed E-state index contributed by atoms with van der Waals surface area (Å²) in [5.74, 6) is -12.8. The van der Waals surface area contributed by atoms with E-state index in [1.807, 2.05) is 6.92 Å². The van der Waals surface area contributed by atoms with E-state index in [0.717, 1.165) is 17.5 Å². The van der Waals surface area contributed by atoms with Crippen molar-refractivity contribution in [3.63, 3.8) is 0 Å². The summed E-state index contributed by atoms with van der Waals surface area (Å²) in [4.78, 5) is 31.3. The van der Waals surface area contributed by atoms with Crippen LogP contribution in [-0.4, -0.2) is 59.6 Å². The number of pyridine rings is 1. The van der Waals surface area contributed by atoms with E-state index in [-0.39, 0.29) is 51.5 Å². The molecule has 1 aromatic carbocycles. The van der Waals surface area contributed by atoms with E-state index in [0.29, 0.717) is 21.7 Å². The average molecular weight is 706 g/mol. The van der Waals surface area contributed by atoms with Crippen molar-refractivity contribution in [3.8, 4) is 5.82 Å². The third kappa shape index (κ3) is 6.84. The van der Waals surface area contributed by atoms with Crippen LogP contribution in [0.4, 0.5) is 30.7 Å². The highest BCUT2D eigenvalue weighted by molar-refractivity contribution is 6.32. The molecule has 9 nitrogen and oxygen atoms in total. The molecule has 5 rings (SSSR count). The minimum Gasteiger partial charge on any atom is -0.349 e. The number of halogens is 9. The van der Waals surface area contributed by atoms with Gasteiger partial charge in [-0.25, -0.2) is 14.3 Å². The van der Waals surface area contributed by atoms with Gasteiger partial charge in [0.05, 0.1) is 23.5 Å². The summed E-state index contributed by atoms with van der Waals surface area (Å²) < 4.78 is 95.1. The van der Waals surface area contributed by atoms with Gasteiger partial charge < -0.3 is 5.32 Å².